The Hall–Kier alpha value is -2.03. The van der Waals surface area contributed by atoms with E-state index in [-0.39, 0.29) is 39.8 Å². The average Bonchev–Trinajstić information content (AvgIpc) is 2.58. The van der Waals surface area contributed by atoms with E-state index < -0.39 is 17.6 Å². The monoisotopic (exact) mass is 439 g/mol. The highest BCUT2D eigenvalue weighted by Gasteiger charge is 2.31. The molecular formula is C16H11Cl3F3N3O2. The molecule has 0 bridgehead atoms. The van der Waals surface area contributed by atoms with Crippen LogP contribution in [0.5, 0.6) is 5.88 Å². The number of nitrogens with one attached hydrogen (secondary N) is 1. The normalized spacial score (nSPS) is 11.6. The van der Waals surface area contributed by atoms with Gasteiger partial charge in [0, 0.05) is 18.9 Å². The lowest BCUT2D eigenvalue weighted by Crippen LogP contribution is -2.23. The van der Waals surface area contributed by atoms with E-state index in [0.717, 1.165) is 6.07 Å². The maximum absolute atomic E-state index is 12.5. The number of pyridine rings is 2. The van der Waals surface area contributed by atoms with Crippen LogP contribution < -0.4 is 10.1 Å². The zero-order chi connectivity index (χ0) is 20.0. The molecule has 1 amide bonds. The van der Waals surface area contributed by atoms with E-state index in [2.05, 4.69) is 15.3 Å². The lowest BCUT2D eigenvalue weighted by Gasteiger charge is -2.09. The highest BCUT2D eigenvalue weighted by molar-refractivity contribution is 6.36. The van der Waals surface area contributed by atoms with E-state index in [9.17, 15) is 18.0 Å². The van der Waals surface area contributed by atoms with Gasteiger partial charge in [0.1, 0.15) is 16.8 Å². The summed E-state index contributed by atoms with van der Waals surface area (Å²) in [7, 11) is 0. The summed E-state index contributed by atoms with van der Waals surface area (Å²) in [5, 5.41) is 2.66. The lowest BCUT2D eigenvalue weighted by molar-refractivity contribution is -0.137. The van der Waals surface area contributed by atoms with Gasteiger partial charge in [0.05, 0.1) is 16.1 Å². The summed E-state index contributed by atoms with van der Waals surface area (Å²) in [6.45, 7) is 0.159. The summed E-state index contributed by atoms with van der Waals surface area (Å²) in [6, 6.07) is 2.08. The summed E-state index contributed by atoms with van der Waals surface area (Å²) >= 11 is 17.3. The fourth-order valence-electron chi connectivity index (χ4n) is 1.79. The van der Waals surface area contributed by atoms with Crippen LogP contribution in [0.2, 0.25) is 15.2 Å². The zero-order valence-electron chi connectivity index (χ0n) is 13.4. The summed E-state index contributed by atoms with van der Waals surface area (Å²) < 4.78 is 42.7. The molecule has 1 N–H and O–H groups in total. The maximum atomic E-state index is 12.5. The first-order valence-corrected chi connectivity index (χ1v) is 8.41. The third-order valence-electron chi connectivity index (χ3n) is 3.06. The van der Waals surface area contributed by atoms with Gasteiger partial charge in [-0.25, -0.2) is 9.97 Å². The Bertz CT molecular complexity index is 861. The molecule has 0 unspecified atom stereocenters. The quantitative estimate of drug-likeness (QED) is 0.517. The molecular weight excluding hydrogens is 430 g/mol. The van der Waals surface area contributed by atoms with Crippen molar-refractivity contribution < 1.29 is 22.7 Å². The van der Waals surface area contributed by atoms with E-state index in [0.29, 0.717) is 6.20 Å². The van der Waals surface area contributed by atoms with Crippen molar-refractivity contribution >= 4 is 40.7 Å². The standard InChI is InChI=1S/C16H11Cl3F3N3O2/c17-11-6-13(19)24-8-10(11)14(26)23-3-1-2-4-27-15-12(18)5-9(7-25-15)16(20,21)22/h1-2,5-8H,3-4H2,(H,23,26)/b2-1-. The van der Waals surface area contributed by atoms with Gasteiger partial charge in [0.25, 0.3) is 5.91 Å². The second-order valence-electron chi connectivity index (χ2n) is 4.99. The molecule has 0 aliphatic heterocycles. The lowest BCUT2D eigenvalue weighted by atomic mass is 10.2. The second kappa shape index (κ2) is 9.25. The van der Waals surface area contributed by atoms with Crippen molar-refractivity contribution in [3.05, 3.63) is 63.0 Å². The maximum Gasteiger partial charge on any atom is 0.417 e. The van der Waals surface area contributed by atoms with Crippen molar-refractivity contribution in [2.24, 2.45) is 0 Å². The topological polar surface area (TPSA) is 64.1 Å². The molecule has 5 nitrogen and oxygen atoms in total. The van der Waals surface area contributed by atoms with Crippen LogP contribution in [0, 0.1) is 0 Å². The van der Waals surface area contributed by atoms with Crippen molar-refractivity contribution in [2.45, 2.75) is 6.18 Å². The summed E-state index contributed by atoms with van der Waals surface area (Å²) in [5.74, 6) is -0.570. The van der Waals surface area contributed by atoms with E-state index in [1.807, 2.05) is 0 Å². The van der Waals surface area contributed by atoms with Crippen molar-refractivity contribution in [3.8, 4) is 5.88 Å². The molecule has 2 heterocycles. The minimum Gasteiger partial charge on any atom is -0.472 e. The Morgan fingerprint density at radius 2 is 1.85 bits per heavy atom. The van der Waals surface area contributed by atoms with Gasteiger partial charge in [0.15, 0.2) is 0 Å². The molecule has 0 saturated heterocycles. The van der Waals surface area contributed by atoms with Gasteiger partial charge >= 0.3 is 6.18 Å². The van der Waals surface area contributed by atoms with Crippen LogP contribution in [0.25, 0.3) is 0 Å². The smallest absolute Gasteiger partial charge is 0.417 e. The van der Waals surface area contributed by atoms with Gasteiger partial charge in [-0.1, -0.05) is 40.9 Å². The second-order valence-corrected chi connectivity index (χ2v) is 6.19. The number of carbonyl (C=O) groups excluding carboxylic acids is 1. The molecule has 2 aromatic rings. The van der Waals surface area contributed by atoms with Crippen LogP contribution in [-0.2, 0) is 6.18 Å². The van der Waals surface area contributed by atoms with E-state index in [1.54, 1.807) is 6.08 Å². The number of rotatable bonds is 6. The molecule has 11 heteroatoms. The van der Waals surface area contributed by atoms with E-state index in [1.165, 1.54) is 18.3 Å². The minimum atomic E-state index is -4.53. The highest BCUT2D eigenvalue weighted by atomic mass is 35.5. The Morgan fingerprint density at radius 1 is 1.11 bits per heavy atom. The van der Waals surface area contributed by atoms with Gasteiger partial charge in [-0.2, -0.15) is 13.2 Å². The average molecular weight is 441 g/mol. The Morgan fingerprint density at radius 3 is 2.48 bits per heavy atom. The molecule has 0 spiro atoms. The molecule has 0 aliphatic carbocycles. The van der Waals surface area contributed by atoms with Gasteiger partial charge in [-0.3, -0.25) is 4.79 Å². The number of alkyl halides is 3. The number of nitrogens with zero attached hydrogens (tertiary/aromatic N) is 2. The van der Waals surface area contributed by atoms with Crippen molar-refractivity contribution in [1.82, 2.24) is 15.3 Å². The van der Waals surface area contributed by atoms with Gasteiger partial charge in [0.2, 0.25) is 5.88 Å². The predicted octanol–water partition coefficient (Wildman–Crippen LogP) is 4.82. The Balaban J connectivity index is 1.80. The minimum absolute atomic E-state index is 0.00277. The Kier molecular flexibility index (Phi) is 7.29. The van der Waals surface area contributed by atoms with Crippen LogP contribution in [0.15, 0.2) is 36.7 Å². The first-order chi connectivity index (χ1) is 12.7. The number of hydrogen-bond acceptors (Lipinski definition) is 4. The van der Waals surface area contributed by atoms with Gasteiger partial charge in [-0.15, -0.1) is 0 Å². The summed E-state index contributed by atoms with van der Waals surface area (Å²) in [6.07, 6.45) is 0.473. The summed E-state index contributed by atoms with van der Waals surface area (Å²) in [4.78, 5) is 19.2. The van der Waals surface area contributed by atoms with E-state index >= 15 is 0 Å². The van der Waals surface area contributed by atoms with Gasteiger partial charge in [-0.05, 0) is 18.2 Å². The number of amides is 1. The molecule has 0 radical (unpaired) electrons. The zero-order valence-corrected chi connectivity index (χ0v) is 15.6. The van der Waals surface area contributed by atoms with Crippen molar-refractivity contribution in [3.63, 3.8) is 0 Å². The molecule has 0 aliphatic rings. The molecule has 27 heavy (non-hydrogen) atoms. The first-order valence-electron chi connectivity index (χ1n) is 7.28. The molecule has 0 saturated carbocycles. The number of aromatic nitrogens is 2. The van der Waals surface area contributed by atoms with Crippen LogP contribution in [0.4, 0.5) is 13.2 Å². The largest absolute Gasteiger partial charge is 0.472 e. The SMILES string of the molecule is O=C(NC/C=C\COc1ncc(C(F)(F)F)cc1Cl)c1cnc(Cl)cc1Cl. The fraction of sp³-hybridized carbons (Fsp3) is 0.188. The third-order valence-corrected chi connectivity index (χ3v) is 3.85. The summed E-state index contributed by atoms with van der Waals surface area (Å²) in [5.41, 5.74) is -0.792. The number of carbonyl (C=O) groups is 1. The number of ether oxygens (including phenoxy) is 1. The number of halogens is 6. The highest BCUT2D eigenvalue weighted by Crippen LogP contribution is 2.33. The number of hydrogen-bond donors (Lipinski definition) is 1. The molecule has 2 rings (SSSR count). The Labute approximate surface area is 167 Å². The van der Waals surface area contributed by atoms with Crippen LogP contribution >= 0.6 is 34.8 Å². The van der Waals surface area contributed by atoms with E-state index in [4.69, 9.17) is 39.5 Å². The van der Waals surface area contributed by atoms with Crippen molar-refractivity contribution in [1.29, 1.82) is 0 Å². The predicted molar refractivity (Wildman–Crippen MR) is 95.5 cm³/mol. The molecule has 0 atom stereocenters. The van der Waals surface area contributed by atoms with Crippen LogP contribution in [0.3, 0.4) is 0 Å². The van der Waals surface area contributed by atoms with Crippen LogP contribution in [-0.4, -0.2) is 29.0 Å². The van der Waals surface area contributed by atoms with Crippen LogP contribution in [0.1, 0.15) is 15.9 Å². The van der Waals surface area contributed by atoms with Gasteiger partial charge < -0.3 is 10.1 Å². The third kappa shape index (κ3) is 6.27. The fourth-order valence-corrected chi connectivity index (χ4v) is 2.46. The molecule has 2 aromatic heterocycles. The molecule has 144 valence electrons. The van der Waals surface area contributed by atoms with Crippen molar-refractivity contribution in [2.75, 3.05) is 13.2 Å². The molecule has 0 fully saturated rings. The first kappa shape index (κ1) is 21.3. The molecule has 0 aromatic carbocycles.